The Kier molecular flexibility index (Phi) is 15.5. The van der Waals surface area contributed by atoms with E-state index < -0.39 is 102 Å². The van der Waals surface area contributed by atoms with Crippen LogP contribution < -0.4 is 0 Å². The fourth-order valence-corrected chi connectivity index (χ4v) is 9.90. The Balaban J connectivity index is 1.80. The van der Waals surface area contributed by atoms with Crippen LogP contribution in [0.1, 0.15) is 121 Å². The number of likely N-dealkylation sites (N-methyl/N-ethyl adjacent to an activating group) is 1. The lowest BCUT2D eigenvalue weighted by molar-refractivity contribution is -0.318. The molecular formula is C41H75NO12. The summed E-state index contributed by atoms with van der Waals surface area (Å²) in [4.78, 5) is 16.6. The summed E-state index contributed by atoms with van der Waals surface area (Å²) in [5.74, 6) is -2.68. The van der Waals surface area contributed by atoms with Crippen molar-refractivity contribution < 1.29 is 58.4 Å². The summed E-state index contributed by atoms with van der Waals surface area (Å²) < 4.78 is 45.5. The molecule has 0 aromatic heterocycles. The number of esters is 1. The van der Waals surface area contributed by atoms with E-state index in [1.807, 2.05) is 34.7 Å². The summed E-state index contributed by atoms with van der Waals surface area (Å²) in [6.45, 7) is 21.5. The number of methoxy groups -OCH3 is 1. The molecule has 4 rings (SSSR count). The van der Waals surface area contributed by atoms with Crippen LogP contribution in [0, 0.1) is 23.7 Å². The molecule has 4 fully saturated rings. The van der Waals surface area contributed by atoms with Crippen molar-refractivity contribution in [3.8, 4) is 0 Å². The first-order chi connectivity index (χ1) is 25.1. The van der Waals surface area contributed by atoms with Crippen LogP contribution in [0.4, 0.5) is 0 Å². The lowest BCUT2D eigenvalue weighted by Gasteiger charge is -2.48. The van der Waals surface area contributed by atoms with Gasteiger partial charge in [-0.25, -0.2) is 0 Å². The molecule has 0 amide bonds. The maximum atomic E-state index is 14.4. The highest BCUT2D eigenvalue weighted by atomic mass is 16.7. The maximum Gasteiger partial charge on any atom is 0.311 e. The minimum atomic E-state index is -1.79. The predicted octanol–water partition coefficient (Wildman–Crippen LogP) is 4.18. The molecule has 4 N–H and O–H groups in total. The minimum absolute atomic E-state index is 0.0599. The molecule has 7 unspecified atom stereocenters. The minimum Gasteiger partial charge on any atom is -0.459 e. The normalized spacial score (nSPS) is 46.8. The fraction of sp³-hybridized carbons (Fsp3) is 0.976. The van der Waals surface area contributed by atoms with Gasteiger partial charge in [-0.1, -0.05) is 47.5 Å². The number of carbonyl (C=O) groups is 1. The molecule has 2 bridgehead atoms. The summed E-state index contributed by atoms with van der Waals surface area (Å²) >= 11 is 0. The van der Waals surface area contributed by atoms with Gasteiger partial charge in [-0.3, -0.25) is 4.79 Å². The van der Waals surface area contributed by atoms with Gasteiger partial charge in [0.25, 0.3) is 0 Å². The third-order valence-corrected chi connectivity index (χ3v) is 13.4. The van der Waals surface area contributed by atoms with E-state index in [1.165, 1.54) is 14.0 Å². The zero-order valence-electron chi connectivity index (χ0n) is 35.4. The summed E-state index contributed by atoms with van der Waals surface area (Å²) in [6.07, 6.45) is -4.11. The number of ether oxygens (including phenoxy) is 7. The van der Waals surface area contributed by atoms with Gasteiger partial charge in [0.15, 0.2) is 12.6 Å². The Morgan fingerprint density at radius 3 is 2.28 bits per heavy atom. The van der Waals surface area contributed by atoms with Crippen molar-refractivity contribution in [2.24, 2.45) is 23.7 Å². The van der Waals surface area contributed by atoms with Crippen molar-refractivity contribution in [2.45, 2.75) is 211 Å². The average molecular weight is 774 g/mol. The highest BCUT2D eigenvalue weighted by molar-refractivity contribution is 5.73. The van der Waals surface area contributed by atoms with Crippen molar-refractivity contribution in [1.29, 1.82) is 0 Å². The van der Waals surface area contributed by atoms with Crippen LogP contribution >= 0.6 is 0 Å². The summed E-state index contributed by atoms with van der Waals surface area (Å²) in [5.41, 5.74) is -3.73. The van der Waals surface area contributed by atoms with Gasteiger partial charge in [0.1, 0.15) is 23.9 Å². The molecule has 0 aliphatic carbocycles. The van der Waals surface area contributed by atoms with Gasteiger partial charge in [-0.05, 0) is 86.7 Å². The molecule has 4 heterocycles. The third-order valence-electron chi connectivity index (χ3n) is 13.4. The number of aliphatic hydroxyl groups excluding tert-OH is 3. The van der Waals surface area contributed by atoms with Crippen LogP contribution in [-0.2, 0) is 38.0 Å². The molecule has 4 saturated heterocycles. The van der Waals surface area contributed by atoms with Gasteiger partial charge in [0, 0.05) is 31.4 Å². The first-order valence-corrected chi connectivity index (χ1v) is 20.7. The largest absolute Gasteiger partial charge is 0.459 e. The topological polar surface area (TPSA) is 166 Å². The Hall–Kier alpha value is -0.970. The number of aliphatic hydroxyl groups is 4. The van der Waals surface area contributed by atoms with Crippen LogP contribution in [0.15, 0.2) is 0 Å². The SMILES string of the molecule is CCCCCN(C)C1CC(C)O[C@@H](O[C@@H]2[C@@H](C)[C@H](O[C@H]3CC(C)(OC)[C@@H](O)C(C)O3)[C@@H](C)C(=O)O[C@@H]([C@](C)(O)[C@H](O)CC)[C@@H](C)C3O[C@]2(C)CC3C)C1O. The third kappa shape index (κ3) is 9.49. The van der Waals surface area contributed by atoms with Crippen molar-refractivity contribution in [2.75, 3.05) is 20.7 Å². The highest BCUT2D eigenvalue weighted by Gasteiger charge is 2.59. The van der Waals surface area contributed by atoms with E-state index in [0.29, 0.717) is 12.8 Å². The Labute approximate surface area is 324 Å². The van der Waals surface area contributed by atoms with E-state index in [2.05, 4.69) is 18.7 Å². The zero-order valence-corrected chi connectivity index (χ0v) is 35.4. The number of carbonyl (C=O) groups excluding carboxylic acids is 1. The molecular weight excluding hydrogens is 698 g/mol. The number of unbranched alkanes of at least 4 members (excludes halogenated alkanes) is 2. The lowest BCUT2D eigenvalue weighted by atomic mass is 9.76. The second kappa shape index (κ2) is 18.3. The molecule has 0 radical (unpaired) electrons. The van der Waals surface area contributed by atoms with Crippen molar-refractivity contribution in [3.05, 3.63) is 0 Å². The molecule has 0 aromatic rings. The van der Waals surface area contributed by atoms with Gasteiger partial charge < -0.3 is 58.5 Å². The lowest BCUT2D eigenvalue weighted by Crippen LogP contribution is -2.60. The van der Waals surface area contributed by atoms with E-state index in [9.17, 15) is 25.2 Å². The maximum absolute atomic E-state index is 14.4. The molecule has 19 atom stereocenters. The summed E-state index contributed by atoms with van der Waals surface area (Å²) in [5, 5.41) is 45.8. The number of hydrogen-bond acceptors (Lipinski definition) is 13. The standard InChI is InChI=1S/C41H75NO12/c1-14-16-17-18-42(12)28-19-23(4)49-38(31(28)44)53-35-25(6)33(51-30-21-39(9,48-13)34(45)27(8)50-30)26(7)37(46)52-36(41(11,47)29(43)15-2)24(5)32-22(3)20-40(35,10)54-32/h22-36,38,43-45,47H,14-21H2,1-13H3/t22?,23?,24-,25-,26+,27?,28?,29+,30-,31?,32?,33-,34-,35+,36+,38-,39?,40+,41+/m0/s1. The van der Waals surface area contributed by atoms with Crippen molar-refractivity contribution in [1.82, 2.24) is 4.90 Å². The molecule has 0 saturated carbocycles. The molecule has 0 aromatic carbocycles. The molecule has 4 aliphatic rings. The zero-order chi connectivity index (χ0) is 40.5. The van der Waals surface area contributed by atoms with Crippen LogP contribution in [0.3, 0.4) is 0 Å². The summed E-state index contributed by atoms with van der Waals surface area (Å²) in [6, 6.07) is -0.193. The molecule has 0 spiro atoms. The quantitative estimate of drug-likeness (QED) is 0.156. The van der Waals surface area contributed by atoms with Crippen LogP contribution in [0.5, 0.6) is 0 Å². The highest BCUT2D eigenvalue weighted by Crippen LogP contribution is 2.48. The molecule has 13 heteroatoms. The Morgan fingerprint density at radius 1 is 1.00 bits per heavy atom. The summed E-state index contributed by atoms with van der Waals surface area (Å²) in [7, 11) is 3.58. The van der Waals surface area contributed by atoms with Crippen molar-refractivity contribution in [3.63, 3.8) is 0 Å². The van der Waals surface area contributed by atoms with Crippen LogP contribution in [0.25, 0.3) is 0 Å². The average Bonchev–Trinajstić information content (AvgIpc) is 3.43. The smallest absolute Gasteiger partial charge is 0.311 e. The first-order valence-electron chi connectivity index (χ1n) is 20.7. The van der Waals surface area contributed by atoms with E-state index in [1.54, 1.807) is 27.7 Å². The van der Waals surface area contributed by atoms with Gasteiger partial charge >= 0.3 is 5.97 Å². The van der Waals surface area contributed by atoms with E-state index in [0.717, 1.165) is 25.8 Å². The fourth-order valence-electron chi connectivity index (χ4n) is 9.90. The van der Waals surface area contributed by atoms with Gasteiger partial charge in [-0.2, -0.15) is 0 Å². The van der Waals surface area contributed by atoms with Gasteiger partial charge in [0.2, 0.25) is 0 Å². The monoisotopic (exact) mass is 774 g/mol. The van der Waals surface area contributed by atoms with E-state index in [4.69, 9.17) is 33.2 Å². The Bertz CT molecular complexity index is 1210. The van der Waals surface area contributed by atoms with Gasteiger partial charge in [-0.15, -0.1) is 0 Å². The second-order valence-electron chi connectivity index (χ2n) is 18.0. The second-order valence-corrected chi connectivity index (χ2v) is 18.0. The van der Waals surface area contributed by atoms with E-state index >= 15 is 0 Å². The molecule has 54 heavy (non-hydrogen) atoms. The Morgan fingerprint density at radius 2 is 1.67 bits per heavy atom. The molecule has 316 valence electrons. The van der Waals surface area contributed by atoms with Crippen LogP contribution in [-0.4, -0.2) is 142 Å². The number of fused-ring (bicyclic) bond motifs is 2. The number of rotatable bonds is 13. The van der Waals surface area contributed by atoms with Crippen molar-refractivity contribution >= 4 is 5.97 Å². The van der Waals surface area contributed by atoms with Gasteiger partial charge in [0.05, 0.1) is 53.7 Å². The number of nitrogens with zero attached hydrogens (tertiary/aromatic N) is 1. The number of hydrogen-bond donors (Lipinski definition) is 4. The first kappa shape index (κ1) is 45.7. The number of cyclic esters (lactones) is 1. The molecule has 13 nitrogen and oxygen atoms in total. The van der Waals surface area contributed by atoms with E-state index in [-0.39, 0.29) is 30.9 Å². The van der Waals surface area contributed by atoms with Crippen LogP contribution in [0.2, 0.25) is 0 Å². The molecule has 4 aliphatic heterocycles. The predicted molar refractivity (Wildman–Crippen MR) is 202 cm³/mol.